The molecule has 38 heavy (non-hydrogen) atoms. The fourth-order valence-corrected chi connectivity index (χ4v) is 8.57. The average molecular weight is 538 g/mol. The molecule has 2 aromatic carbocycles. The van der Waals surface area contributed by atoms with Crippen molar-refractivity contribution >= 4 is 20.2 Å². The third kappa shape index (κ3) is 7.57. The fraction of sp³-hybridized carbons (Fsp3) is 0.562. The molecule has 0 saturated heterocycles. The lowest BCUT2D eigenvalue weighted by molar-refractivity contribution is -0.166. The van der Waals surface area contributed by atoms with Crippen LogP contribution in [-0.4, -0.2) is 32.4 Å². The molecule has 1 aliphatic carbocycles. The highest BCUT2D eigenvalue weighted by atomic mass is 28.4. The van der Waals surface area contributed by atoms with Crippen LogP contribution in [0.1, 0.15) is 82.8 Å². The predicted molar refractivity (Wildman–Crippen MR) is 156 cm³/mol. The molecule has 5 atom stereocenters. The molecule has 0 bridgehead atoms. The summed E-state index contributed by atoms with van der Waals surface area (Å²) in [5.74, 6) is 0.682. The number of ether oxygens (including phenoxy) is 1. The van der Waals surface area contributed by atoms with Gasteiger partial charge in [-0.3, -0.25) is 4.79 Å². The minimum absolute atomic E-state index is 0.139. The van der Waals surface area contributed by atoms with Crippen LogP contribution in [-0.2, 0) is 14.0 Å². The minimum Gasteiger partial charge on any atom is -0.460 e. The summed E-state index contributed by atoms with van der Waals surface area (Å²) in [4.78, 5) is 27.6. The quantitative estimate of drug-likeness (QED) is 0.224. The van der Waals surface area contributed by atoms with E-state index in [9.17, 15) is 9.59 Å². The molecule has 6 heteroatoms. The van der Waals surface area contributed by atoms with Crippen molar-refractivity contribution in [2.24, 2.45) is 17.8 Å². The first-order valence-electron chi connectivity index (χ1n) is 14.5. The van der Waals surface area contributed by atoms with E-state index in [1.165, 1.54) is 0 Å². The molecule has 1 amide bonds. The Bertz CT molecular complexity index is 1000. The monoisotopic (exact) mass is 537 g/mol. The maximum atomic E-state index is 14.2. The molecule has 0 heterocycles. The molecule has 1 aliphatic rings. The number of benzene rings is 2. The van der Waals surface area contributed by atoms with Crippen LogP contribution in [0.25, 0.3) is 0 Å². The van der Waals surface area contributed by atoms with Gasteiger partial charge in [-0.25, -0.2) is 4.79 Å². The van der Waals surface area contributed by atoms with Gasteiger partial charge in [0.05, 0.1) is 6.04 Å². The van der Waals surface area contributed by atoms with E-state index in [0.29, 0.717) is 23.3 Å². The van der Waals surface area contributed by atoms with Crippen molar-refractivity contribution in [3.05, 3.63) is 71.8 Å². The van der Waals surface area contributed by atoms with Gasteiger partial charge in [0, 0.05) is 5.56 Å². The second-order valence-corrected chi connectivity index (χ2v) is 16.0. The van der Waals surface area contributed by atoms with Crippen LogP contribution in [0, 0.1) is 17.8 Å². The Labute approximate surface area is 230 Å². The highest BCUT2D eigenvalue weighted by Crippen LogP contribution is 2.37. The Kier molecular flexibility index (Phi) is 11.2. The van der Waals surface area contributed by atoms with Gasteiger partial charge < -0.3 is 14.5 Å². The third-order valence-electron chi connectivity index (χ3n) is 8.56. The fourth-order valence-electron chi connectivity index (χ4n) is 5.80. The van der Waals surface area contributed by atoms with E-state index in [0.717, 1.165) is 43.0 Å². The van der Waals surface area contributed by atoms with Crippen LogP contribution in [0.2, 0.25) is 18.1 Å². The summed E-state index contributed by atoms with van der Waals surface area (Å²) in [5.41, 5.74) is 1.38. The van der Waals surface area contributed by atoms with E-state index in [1.54, 1.807) is 12.1 Å². The number of nitrogens with one attached hydrogen (secondary N) is 1. The first-order valence-corrected chi connectivity index (χ1v) is 17.1. The third-order valence-corrected chi connectivity index (χ3v) is 13.2. The van der Waals surface area contributed by atoms with Gasteiger partial charge in [0.2, 0.25) is 0 Å². The number of carbonyl (C=O) groups is 2. The Morgan fingerprint density at radius 1 is 0.921 bits per heavy atom. The maximum absolute atomic E-state index is 14.2. The number of carbonyl (C=O) groups excluding carboxylic acids is 2. The standard InChI is InChI=1S/C32H47NO4Si/c1-7-38(8-2,9-3)37-30(32(35)36-28-22-24(6)20-21-27(28)23(4)5)29(25-16-12-10-13-17-25)33-31(34)26-18-14-11-15-19-26/h10-19,23-24,27-30H,7-9,20-22H2,1-6H3,(H,33,34)/t24-,27?,28?,29-,30+/m0/s1. The molecular formula is C32H47NO4Si. The van der Waals surface area contributed by atoms with Crippen molar-refractivity contribution in [1.29, 1.82) is 0 Å². The lowest BCUT2D eigenvalue weighted by Crippen LogP contribution is -2.51. The van der Waals surface area contributed by atoms with Gasteiger partial charge in [-0.1, -0.05) is 96.5 Å². The van der Waals surface area contributed by atoms with Crippen LogP contribution in [0.5, 0.6) is 0 Å². The Morgan fingerprint density at radius 3 is 2.05 bits per heavy atom. The van der Waals surface area contributed by atoms with Crippen LogP contribution in [0.15, 0.2) is 60.7 Å². The zero-order chi connectivity index (χ0) is 27.7. The topological polar surface area (TPSA) is 64.6 Å². The largest absolute Gasteiger partial charge is 0.460 e. The Morgan fingerprint density at radius 2 is 1.50 bits per heavy atom. The summed E-state index contributed by atoms with van der Waals surface area (Å²) >= 11 is 0. The van der Waals surface area contributed by atoms with Crippen molar-refractivity contribution in [1.82, 2.24) is 5.32 Å². The summed E-state index contributed by atoms with van der Waals surface area (Å²) in [7, 11) is -2.24. The van der Waals surface area contributed by atoms with Crippen LogP contribution in [0.4, 0.5) is 0 Å². The Hall–Kier alpha value is -2.44. The van der Waals surface area contributed by atoms with Gasteiger partial charge >= 0.3 is 5.97 Å². The molecule has 1 N–H and O–H groups in total. The number of amides is 1. The van der Waals surface area contributed by atoms with Crippen molar-refractivity contribution < 1.29 is 18.8 Å². The molecule has 2 unspecified atom stereocenters. The molecular weight excluding hydrogens is 490 g/mol. The van der Waals surface area contributed by atoms with E-state index in [-0.39, 0.29) is 18.0 Å². The van der Waals surface area contributed by atoms with E-state index in [1.807, 2.05) is 48.5 Å². The van der Waals surface area contributed by atoms with E-state index in [4.69, 9.17) is 9.16 Å². The molecule has 1 fully saturated rings. The summed E-state index contributed by atoms with van der Waals surface area (Å²) in [6, 6.07) is 20.9. The first-order chi connectivity index (χ1) is 18.2. The number of esters is 1. The molecule has 0 spiro atoms. The lowest BCUT2D eigenvalue weighted by Gasteiger charge is -2.40. The van der Waals surface area contributed by atoms with E-state index >= 15 is 0 Å². The molecule has 1 saturated carbocycles. The highest BCUT2D eigenvalue weighted by Gasteiger charge is 2.43. The normalized spacial score (nSPS) is 21.5. The molecule has 0 aromatic heterocycles. The molecule has 208 valence electrons. The Balaban J connectivity index is 2.01. The zero-order valence-corrected chi connectivity index (χ0v) is 25.1. The van der Waals surface area contributed by atoms with Crippen molar-refractivity contribution in [3.63, 3.8) is 0 Å². The number of hydrogen-bond donors (Lipinski definition) is 1. The number of hydrogen-bond acceptors (Lipinski definition) is 4. The molecule has 5 nitrogen and oxygen atoms in total. The second-order valence-electron chi connectivity index (χ2n) is 11.3. The van der Waals surface area contributed by atoms with Gasteiger partial charge in [-0.15, -0.1) is 0 Å². The van der Waals surface area contributed by atoms with Crippen LogP contribution < -0.4 is 5.32 Å². The second kappa shape index (κ2) is 14.1. The molecule has 0 aliphatic heterocycles. The van der Waals surface area contributed by atoms with Gasteiger partial charge in [-0.05, 0) is 66.4 Å². The van der Waals surface area contributed by atoms with E-state index < -0.39 is 20.5 Å². The van der Waals surface area contributed by atoms with Gasteiger partial charge in [0.1, 0.15) is 6.10 Å². The summed E-state index contributed by atoms with van der Waals surface area (Å²) < 4.78 is 13.3. The van der Waals surface area contributed by atoms with Crippen molar-refractivity contribution in [2.45, 2.75) is 97.2 Å². The van der Waals surface area contributed by atoms with Gasteiger partial charge in [0.15, 0.2) is 14.4 Å². The van der Waals surface area contributed by atoms with E-state index in [2.05, 4.69) is 46.9 Å². The SMILES string of the molecule is CC[Si](CC)(CC)O[C@@H](C(=O)OC1C[C@@H](C)CCC1C(C)C)[C@@H](NC(=O)c1ccccc1)c1ccccc1. The maximum Gasteiger partial charge on any atom is 0.336 e. The summed E-state index contributed by atoms with van der Waals surface area (Å²) in [5, 5.41) is 3.16. The molecule has 2 aromatic rings. The summed E-state index contributed by atoms with van der Waals surface area (Å²) in [6.07, 6.45) is 2.04. The highest BCUT2D eigenvalue weighted by molar-refractivity contribution is 6.73. The van der Waals surface area contributed by atoms with Crippen molar-refractivity contribution in [2.75, 3.05) is 0 Å². The molecule has 0 radical (unpaired) electrons. The van der Waals surface area contributed by atoms with Crippen molar-refractivity contribution in [3.8, 4) is 0 Å². The summed E-state index contributed by atoms with van der Waals surface area (Å²) in [6.45, 7) is 13.1. The predicted octanol–water partition coefficient (Wildman–Crippen LogP) is 7.55. The van der Waals surface area contributed by atoms with Crippen LogP contribution >= 0.6 is 0 Å². The average Bonchev–Trinajstić information content (AvgIpc) is 2.94. The molecule has 3 rings (SSSR count). The zero-order valence-electron chi connectivity index (χ0n) is 24.1. The number of rotatable bonds is 12. The van der Waals surface area contributed by atoms with Gasteiger partial charge in [-0.2, -0.15) is 0 Å². The first kappa shape index (κ1) is 30.1. The van der Waals surface area contributed by atoms with Crippen LogP contribution in [0.3, 0.4) is 0 Å². The minimum atomic E-state index is -2.24. The lowest BCUT2D eigenvalue weighted by atomic mass is 9.75. The smallest absolute Gasteiger partial charge is 0.336 e. The van der Waals surface area contributed by atoms with Gasteiger partial charge in [0.25, 0.3) is 5.91 Å².